The van der Waals surface area contributed by atoms with Gasteiger partial charge in [0.2, 0.25) is 0 Å². The molecule has 8 rings (SSSR count). The Labute approximate surface area is 346 Å². The van der Waals surface area contributed by atoms with E-state index in [4.69, 9.17) is 0 Å². The van der Waals surface area contributed by atoms with E-state index in [1.807, 2.05) is 0 Å². The van der Waals surface area contributed by atoms with Crippen LogP contribution in [0.15, 0.2) is 158 Å². The molecule has 0 N–H and O–H groups in total. The highest BCUT2D eigenvalue weighted by Gasteiger charge is 2.21. The van der Waals surface area contributed by atoms with Gasteiger partial charge in [-0.2, -0.15) is 0 Å². The second kappa shape index (κ2) is 16.9. The number of fused-ring (bicyclic) bond motifs is 3. The van der Waals surface area contributed by atoms with Crippen molar-refractivity contribution in [2.75, 3.05) is 4.90 Å². The summed E-state index contributed by atoms with van der Waals surface area (Å²) in [6.07, 6.45) is 8.20. The maximum Gasteiger partial charge on any atom is 0.0541 e. The van der Waals surface area contributed by atoms with E-state index in [9.17, 15) is 0 Å². The minimum absolute atomic E-state index is 0.0999. The molecule has 0 aliphatic heterocycles. The van der Waals surface area contributed by atoms with Gasteiger partial charge in [-0.3, -0.25) is 0 Å². The van der Waals surface area contributed by atoms with Gasteiger partial charge in [0.25, 0.3) is 0 Å². The number of anilines is 3. The lowest BCUT2D eigenvalue weighted by Gasteiger charge is -2.26. The fraction of sp³-hybridized carbons (Fsp3) is 0.250. The third-order valence-corrected chi connectivity index (χ3v) is 12.4. The van der Waals surface area contributed by atoms with Crippen LogP contribution in [0.5, 0.6) is 0 Å². The van der Waals surface area contributed by atoms with Crippen LogP contribution in [0.3, 0.4) is 0 Å². The quantitative estimate of drug-likeness (QED) is 0.107. The van der Waals surface area contributed by atoms with Crippen molar-refractivity contribution in [1.82, 2.24) is 4.57 Å². The first-order valence-corrected chi connectivity index (χ1v) is 21.6. The number of benzene rings is 7. The number of nitrogens with zero attached hydrogens (tertiary/aromatic N) is 2. The first-order chi connectivity index (χ1) is 28.3. The standard InChI is InChI=1S/C56H58N2/c1-7-10-14-41-17-27-48(28-18-41)57(49-29-19-42(20-30-49)15-11-8-2)50-31-21-43(22-32-50)44-23-33-51(34-24-44)58-54-35-25-46(45-16-12-13-40(4)37-45)38-52(54)53-39-47(26-36-55(53)58)56(5,6)9-3/h12-13,16-39H,7-11,14-15H2,1-6H3. The van der Waals surface area contributed by atoms with Crippen LogP contribution in [0.4, 0.5) is 17.1 Å². The van der Waals surface area contributed by atoms with Crippen LogP contribution in [0.1, 0.15) is 89.0 Å². The molecule has 0 spiro atoms. The molecule has 0 amide bonds. The van der Waals surface area contributed by atoms with Crippen LogP contribution in [0.2, 0.25) is 0 Å². The van der Waals surface area contributed by atoms with Crippen molar-refractivity contribution in [3.8, 4) is 27.9 Å². The van der Waals surface area contributed by atoms with Gasteiger partial charge in [-0.05, 0) is 156 Å². The normalized spacial score (nSPS) is 11.8. The van der Waals surface area contributed by atoms with E-state index in [1.54, 1.807) is 0 Å². The van der Waals surface area contributed by atoms with Crippen LogP contribution >= 0.6 is 0 Å². The second-order valence-corrected chi connectivity index (χ2v) is 16.9. The van der Waals surface area contributed by atoms with E-state index in [0.29, 0.717) is 0 Å². The zero-order chi connectivity index (χ0) is 40.2. The summed E-state index contributed by atoms with van der Waals surface area (Å²) in [6.45, 7) is 13.7. The Bertz CT molecular complexity index is 2570. The van der Waals surface area contributed by atoms with Gasteiger partial charge in [0.15, 0.2) is 0 Å². The number of aromatic nitrogens is 1. The molecule has 1 aromatic heterocycles. The summed E-state index contributed by atoms with van der Waals surface area (Å²) < 4.78 is 2.44. The molecule has 2 nitrogen and oxygen atoms in total. The lowest BCUT2D eigenvalue weighted by Crippen LogP contribution is -2.15. The topological polar surface area (TPSA) is 8.17 Å². The highest BCUT2D eigenvalue weighted by Crippen LogP contribution is 2.40. The Balaban J connectivity index is 1.14. The fourth-order valence-corrected chi connectivity index (χ4v) is 8.37. The average molecular weight is 759 g/mol. The van der Waals surface area contributed by atoms with Crippen molar-refractivity contribution >= 4 is 38.9 Å². The summed E-state index contributed by atoms with van der Waals surface area (Å²) in [5.41, 5.74) is 17.6. The number of unbranched alkanes of at least 4 members (excludes halogenated alkanes) is 2. The third-order valence-electron chi connectivity index (χ3n) is 12.4. The number of aryl methyl sites for hydroxylation is 3. The Morgan fingerprint density at radius 1 is 0.483 bits per heavy atom. The molecule has 2 heteroatoms. The minimum atomic E-state index is 0.0999. The van der Waals surface area contributed by atoms with Gasteiger partial charge in [0.05, 0.1) is 11.0 Å². The average Bonchev–Trinajstić information content (AvgIpc) is 3.59. The van der Waals surface area contributed by atoms with Crippen LogP contribution in [-0.2, 0) is 18.3 Å². The lowest BCUT2D eigenvalue weighted by molar-refractivity contribution is 0.507. The molecular weight excluding hydrogens is 701 g/mol. The van der Waals surface area contributed by atoms with Crippen molar-refractivity contribution < 1.29 is 0 Å². The van der Waals surface area contributed by atoms with Gasteiger partial charge in [-0.1, -0.05) is 138 Å². The maximum atomic E-state index is 2.44. The molecule has 0 radical (unpaired) electrons. The minimum Gasteiger partial charge on any atom is -0.311 e. The SMILES string of the molecule is CCCCc1ccc(N(c2ccc(CCCC)cc2)c2ccc(-c3ccc(-n4c5ccc(-c6cccc(C)c6)cc5c5cc(C(C)(C)CC)ccc54)cc3)cc2)cc1. The Morgan fingerprint density at radius 3 is 1.50 bits per heavy atom. The third kappa shape index (κ3) is 7.98. The zero-order valence-corrected chi connectivity index (χ0v) is 35.4. The van der Waals surface area contributed by atoms with Gasteiger partial charge in [-0.15, -0.1) is 0 Å². The van der Waals surface area contributed by atoms with Crippen LogP contribution in [0.25, 0.3) is 49.7 Å². The largest absolute Gasteiger partial charge is 0.311 e. The van der Waals surface area contributed by atoms with E-state index >= 15 is 0 Å². The summed E-state index contributed by atoms with van der Waals surface area (Å²) in [4.78, 5) is 2.39. The van der Waals surface area contributed by atoms with E-state index < -0.39 is 0 Å². The van der Waals surface area contributed by atoms with E-state index in [1.165, 1.54) is 109 Å². The molecule has 0 saturated heterocycles. The van der Waals surface area contributed by atoms with E-state index in [-0.39, 0.29) is 5.41 Å². The first kappa shape index (κ1) is 39.0. The first-order valence-electron chi connectivity index (χ1n) is 21.6. The van der Waals surface area contributed by atoms with Crippen LogP contribution < -0.4 is 4.90 Å². The molecule has 1 heterocycles. The molecular formula is C56H58N2. The van der Waals surface area contributed by atoms with Gasteiger partial charge in [0, 0.05) is 33.5 Å². The molecule has 58 heavy (non-hydrogen) atoms. The van der Waals surface area contributed by atoms with Crippen molar-refractivity contribution in [3.63, 3.8) is 0 Å². The van der Waals surface area contributed by atoms with Gasteiger partial charge in [0.1, 0.15) is 0 Å². The van der Waals surface area contributed by atoms with Crippen LogP contribution in [0, 0.1) is 6.92 Å². The monoisotopic (exact) mass is 758 g/mol. The van der Waals surface area contributed by atoms with Crippen molar-refractivity contribution in [2.45, 2.75) is 91.9 Å². The summed E-state index contributed by atoms with van der Waals surface area (Å²) in [7, 11) is 0. The Morgan fingerprint density at radius 2 is 0.966 bits per heavy atom. The van der Waals surface area contributed by atoms with E-state index in [2.05, 4.69) is 209 Å². The van der Waals surface area contributed by atoms with Crippen LogP contribution in [-0.4, -0.2) is 4.57 Å². The summed E-state index contributed by atoms with van der Waals surface area (Å²) in [5, 5.41) is 2.59. The highest BCUT2D eigenvalue weighted by atomic mass is 15.1. The lowest BCUT2D eigenvalue weighted by atomic mass is 9.82. The Hall–Kier alpha value is -5.86. The highest BCUT2D eigenvalue weighted by molar-refractivity contribution is 6.10. The molecule has 292 valence electrons. The fourth-order valence-electron chi connectivity index (χ4n) is 8.37. The summed E-state index contributed by atoms with van der Waals surface area (Å²) in [5.74, 6) is 0. The smallest absolute Gasteiger partial charge is 0.0541 e. The molecule has 0 fully saturated rings. The molecule has 0 aliphatic carbocycles. The van der Waals surface area contributed by atoms with Crippen molar-refractivity contribution in [1.29, 1.82) is 0 Å². The Kier molecular flexibility index (Phi) is 11.4. The molecule has 0 saturated carbocycles. The van der Waals surface area contributed by atoms with Gasteiger partial charge in [-0.25, -0.2) is 0 Å². The van der Waals surface area contributed by atoms with Gasteiger partial charge >= 0.3 is 0 Å². The van der Waals surface area contributed by atoms with Crippen molar-refractivity contribution in [2.24, 2.45) is 0 Å². The maximum absolute atomic E-state index is 2.44. The predicted octanol–water partition coefficient (Wildman–Crippen LogP) is 16.3. The molecule has 8 aromatic rings. The molecule has 0 atom stereocenters. The molecule has 0 bridgehead atoms. The molecule has 7 aromatic carbocycles. The summed E-state index contributed by atoms with van der Waals surface area (Å²) >= 11 is 0. The molecule has 0 unspecified atom stereocenters. The number of hydrogen-bond donors (Lipinski definition) is 0. The van der Waals surface area contributed by atoms with E-state index in [0.717, 1.165) is 24.9 Å². The van der Waals surface area contributed by atoms with Crippen molar-refractivity contribution in [3.05, 3.63) is 180 Å². The molecule has 0 aliphatic rings. The van der Waals surface area contributed by atoms with Gasteiger partial charge < -0.3 is 9.47 Å². The summed E-state index contributed by atoms with van der Waals surface area (Å²) in [6, 6.07) is 59.5. The zero-order valence-electron chi connectivity index (χ0n) is 35.4. The number of rotatable bonds is 14. The second-order valence-electron chi connectivity index (χ2n) is 16.9. The number of hydrogen-bond acceptors (Lipinski definition) is 1. The predicted molar refractivity (Wildman–Crippen MR) is 252 cm³/mol.